The van der Waals surface area contributed by atoms with E-state index in [1.54, 1.807) is 12.1 Å². The number of likely N-dealkylation sites (tertiary alicyclic amines) is 1. The highest BCUT2D eigenvalue weighted by Crippen LogP contribution is 2.30. The molecule has 198 valence electrons. The molecule has 3 aromatic carbocycles. The standard InChI is InChI=1S/C34H39FN2O/c1-6-23(3)33(36-32-14-9-8-11-24(32)4)26-17-19-37(20-18-26)34(38)28-15-16-31(25(5)21-28)30(7-2)27-12-10-13-29(35)22-27/h7-16,21-23,26H,6,17-20H2,1-5H3/b30-7-,36-33?. The van der Waals surface area contributed by atoms with Crippen molar-refractivity contribution in [3.8, 4) is 0 Å². The van der Waals surface area contributed by atoms with E-state index in [2.05, 4.69) is 39.0 Å². The smallest absolute Gasteiger partial charge is 0.253 e. The van der Waals surface area contributed by atoms with Gasteiger partial charge in [0, 0.05) is 30.3 Å². The molecule has 1 aliphatic heterocycles. The van der Waals surface area contributed by atoms with Gasteiger partial charge in [-0.05, 0) is 104 Å². The molecule has 3 aromatic rings. The molecule has 0 N–H and O–H groups in total. The van der Waals surface area contributed by atoms with E-state index in [0.29, 0.717) is 17.4 Å². The number of amides is 1. The lowest BCUT2D eigenvalue weighted by atomic mass is 9.84. The van der Waals surface area contributed by atoms with Crippen molar-refractivity contribution in [2.75, 3.05) is 13.1 Å². The Morgan fingerprint density at radius 3 is 2.37 bits per heavy atom. The van der Waals surface area contributed by atoms with Crippen LogP contribution in [0.15, 0.2) is 77.8 Å². The lowest BCUT2D eigenvalue weighted by Crippen LogP contribution is -2.41. The first-order valence-electron chi connectivity index (χ1n) is 13.8. The molecule has 1 unspecified atom stereocenters. The second-order valence-electron chi connectivity index (χ2n) is 10.4. The highest BCUT2D eigenvalue weighted by molar-refractivity contribution is 5.96. The summed E-state index contributed by atoms with van der Waals surface area (Å²) in [6, 6.07) is 20.8. The number of para-hydroxylation sites is 1. The van der Waals surface area contributed by atoms with E-state index in [1.165, 1.54) is 17.3 Å². The second kappa shape index (κ2) is 12.3. The van der Waals surface area contributed by atoms with Crippen LogP contribution in [0.5, 0.6) is 0 Å². The van der Waals surface area contributed by atoms with Crippen molar-refractivity contribution in [3.63, 3.8) is 0 Å². The molecule has 0 saturated carbocycles. The maximum atomic E-state index is 13.8. The Labute approximate surface area is 227 Å². The minimum absolute atomic E-state index is 0.0758. The Kier molecular flexibility index (Phi) is 8.93. The van der Waals surface area contributed by atoms with Gasteiger partial charge in [0.15, 0.2) is 0 Å². The Balaban J connectivity index is 1.48. The number of aliphatic imine (C=N–C) groups is 1. The number of hydrogen-bond acceptors (Lipinski definition) is 2. The van der Waals surface area contributed by atoms with Gasteiger partial charge in [-0.2, -0.15) is 0 Å². The fourth-order valence-corrected chi connectivity index (χ4v) is 5.43. The largest absolute Gasteiger partial charge is 0.339 e. The number of allylic oxidation sites excluding steroid dienone is 1. The van der Waals surface area contributed by atoms with Gasteiger partial charge in [-0.3, -0.25) is 9.79 Å². The Bertz CT molecular complexity index is 1350. The number of rotatable bonds is 7. The van der Waals surface area contributed by atoms with Crippen molar-refractivity contribution in [1.29, 1.82) is 0 Å². The van der Waals surface area contributed by atoms with E-state index >= 15 is 0 Å². The molecule has 38 heavy (non-hydrogen) atoms. The zero-order chi connectivity index (χ0) is 27.2. The molecule has 0 bridgehead atoms. The summed E-state index contributed by atoms with van der Waals surface area (Å²) >= 11 is 0. The molecule has 1 heterocycles. The third-order valence-electron chi connectivity index (χ3n) is 7.87. The van der Waals surface area contributed by atoms with Crippen molar-refractivity contribution in [2.24, 2.45) is 16.8 Å². The average Bonchev–Trinajstić information content (AvgIpc) is 2.93. The molecule has 0 aliphatic carbocycles. The fourth-order valence-electron chi connectivity index (χ4n) is 5.43. The number of piperidine rings is 1. The van der Waals surface area contributed by atoms with Gasteiger partial charge in [0.2, 0.25) is 0 Å². The first-order chi connectivity index (χ1) is 18.3. The van der Waals surface area contributed by atoms with E-state index in [1.807, 2.05) is 55.2 Å². The van der Waals surface area contributed by atoms with Crippen LogP contribution in [0.25, 0.3) is 5.57 Å². The summed E-state index contributed by atoms with van der Waals surface area (Å²) in [6.07, 6.45) is 4.91. The SMILES string of the molecule is C/C=C(/c1cccc(F)c1)c1ccc(C(=O)N2CCC(C(=Nc3ccccc3C)C(C)CC)CC2)cc1C. The average molecular weight is 511 g/mol. The molecule has 1 saturated heterocycles. The van der Waals surface area contributed by atoms with Crippen LogP contribution in [-0.4, -0.2) is 29.6 Å². The minimum Gasteiger partial charge on any atom is -0.339 e. The van der Waals surface area contributed by atoms with E-state index in [9.17, 15) is 9.18 Å². The summed E-state index contributed by atoms with van der Waals surface area (Å²) in [5, 5.41) is 0. The molecular weight excluding hydrogens is 471 g/mol. The number of aryl methyl sites for hydroxylation is 2. The summed E-state index contributed by atoms with van der Waals surface area (Å²) < 4.78 is 13.8. The van der Waals surface area contributed by atoms with Crippen LogP contribution < -0.4 is 0 Å². The van der Waals surface area contributed by atoms with Gasteiger partial charge in [-0.1, -0.05) is 56.3 Å². The predicted molar refractivity (Wildman–Crippen MR) is 157 cm³/mol. The van der Waals surface area contributed by atoms with Crippen LogP contribution in [0.2, 0.25) is 0 Å². The number of halogens is 1. The van der Waals surface area contributed by atoms with Gasteiger partial charge in [0.1, 0.15) is 5.82 Å². The Hall–Kier alpha value is -3.53. The molecule has 4 rings (SSSR count). The van der Waals surface area contributed by atoms with Gasteiger partial charge in [-0.25, -0.2) is 4.39 Å². The zero-order valence-electron chi connectivity index (χ0n) is 23.3. The van der Waals surface area contributed by atoms with Gasteiger partial charge in [0.05, 0.1) is 5.69 Å². The van der Waals surface area contributed by atoms with Crippen molar-refractivity contribution in [1.82, 2.24) is 4.90 Å². The highest BCUT2D eigenvalue weighted by atomic mass is 19.1. The van der Waals surface area contributed by atoms with Gasteiger partial charge >= 0.3 is 0 Å². The van der Waals surface area contributed by atoms with Gasteiger partial charge in [0.25, 0.3) is 5.91 Å². The minimum atomic E-state index is -0.255. The molecule has 1 fully saturated rings. The molecule has 0 spiro atoms. The van der Waals surface area contributed by atoms with Crippen molar-refractivity contribution < 1.29 is 9.18 Å². The number of benzene rings is 3. The highest BCUT2D eigenvalue weighted by Gasteiger charge is 2.29. The van der Waals surface area contributed by atoms with Crippen LogP contribution in [0, 0.1) is 31.5 Å². The van der Waals surface area contributed by atoms with Crippen LogP contribution in [0.1, 0.15) is 72.6 Å². The summed E-state index contributed by atoms with van der Waals surface area (Å²) in [5.41, 5.74) is 8.04. The van der Waals surface area contributed by atoms with Crippen LogP contribution in [-0.2, 0) is 0 Å². The van der Waals surface area contributed by atoms with Crippen molar-refractivity contribution in [3.05, 3.63) is 106 Å². The van der Waals surface area contributed by atoms with E-state index in [0.717, 1.165) is 60.3 Å². The topological polar surface area (TPSA) is 32.7 Å². The van der Waals surface area contributed by atoms with Crippen molar-refractivity contribution >= 4 is 22.9 Å². The summed E-state index contributed by atoms with van der Waals surface area (Å²) in [4.78, 5) is 20.6. The van der Waals surface area contributed by atoms with E-state index in [-0.39, 0.29) is 11.7 Å². The van der Waals surface area contributed by atoms with Crippen LogP contribution in [0.3, 0.4) is 0 Å². The van der Waals surface area contributed by atoms with Crippen LogP contribution in [0.4, 0.5) is 10.1 Å². The molecule has 1 atom stereocenters. The number of nitrogens with zero attached hydrogens (tertiary/aromatic N) is 2. The molecule has 0 aromatic heterocycles. The molecule has 0 radical (unpaired) electrons. The molecular formula is C34H39FN2O. The maximum Gasteiger partial charge on any atom is 0.253 e. The zero-order valence-corrected chi connectivity index (χ0v) is 23.3. The number of carbonyl (C=O) groups is 1. The summed E-state index contributed by atoms with van der Waals surface area (Å²) in [5.74, 6) is 0.624. The first-order valence-corrected chi connectivity index (χ1v) is 13.8. The molecule has 3 nitrogen and oxygen atoms in total. The van der Waals surface area contributed by atoms with E-state index in [4.69, 9.17) is 4.99 Å². The summed E-state index contributed by atoms with van der Waals surface area (Å²) in [6.45, 7) is 12.0. The monoisotopic (exact) mass is 510 g/mol. The lowest BCUT2D eigenvalue weighted by Gasteiger charge is -2.34. The normalized spacial score (nSPS) is 16.0. The maximum absolute atomic E-state index is 13.8. The predicted octanol–water partition coefficient (Wildman–Crippen LogP) is 8.57. The van der Waals surface area contributed by atoms with Crippen LogP contribution >= 0.6 is 0 Å². The number of carbonyl (C=O) groups excluding carboxylic acids is 1. The molecule has 1 aliphatic rings. The fraction of sp³-hybridized carbons (Fsp3) is 0.353. The third-order valence-corrected chi connectivity index (χ3v) is 7.87. The second-order valence-corrected chi connectivity index (χ2v) is 10.4. The quantitative estimate of drug-likeness (QED) is 0.293. The third kappa shape index (κ3) is 6.12. The first kappa shape index (κ1) is 27.5. The van der Waals surface area contributed by atoms with Gasteiger partial charge in [-0.15, -0.1) is 0 Å². The summed E-state index contributed by atoms with van der Waals surface area (Å²) in [7, 11) is 0. The lowest BCUT2D eigenvalue weighted by molar-refractivity contribution is 0.0709. The van der Waals surface area contributed by atoms with E-state index < -0.39 is 0 Å². The number of hydrogen-bond donors (Lipinski definition) is 0. The van der Waals surface area contributed by atoms with Gasteiger partial charge < -0.3 is 4.90 Å². The molecule has 4 heteroatoms. The van der Waals surface area contributed by atoms with Crippen molar-refractivity contribution in [2.45, 2.75) is 53.9 Å². The Morgan fingerprint density at radius 1 is 1.00 bits per heavy atom. The molecule has 1 amide bonds. The Morgan fingerprint density at radius 2 is 1.74 bits per heavy atom.